The summed E-state index contributed by atoms with van der Waals surface area (Å²) in [6, 6.07) is 9.74. The molecule has 0 radical (unpaired) electrons. The fourth-order valence-corrected chi connectivity index (χ4v) is 8.00. The van der Waals surface area contributed by atoms with Crippen molar-refractivity contribution in [2.75, 3.05) is 26.2 Å². The summed E-state index contributed by atoms with van der Waals surface area (Å²) in [5.41, 5.74) is 8.52. The summed E-state index contributed by atoms with van der Waals surface area (Å²) in [4.78, 5) is 6.46. The lowest BCUT2D eigenvalue weighted by atomic mass is 9.94. The molecule has 4 unspecified atom stereocenters. The van der Waals surface area contributed by atoms with E-state index in [4.69, 9.17) is 5.73 Å². The third-order valence-electron chi connectivity index (χ3n) is 8.62. The first-order chi connectivity index (χ1) is 16.8. The summed E-state index contributed by atoms with van der Waals surface area (Å²) in [7, 11) is -0.264. The van der Waals surface area contributed by atoms with E-state index in [1.807, 2.05) is 0 Å². The molecule has 3 aliphatic rings. The van der Waals surface area contributed by atoms with E-state index in [1.165, 1.54) is 55.4 Å². The molecule has 4 nitrogen and oxygen atoms in total. The average molecular weight is 497 g/mol. The highest BCUT2D eigenvalue weighted by atomic mass is 32.2. The second-order valence-corrected chi connectivity index (χ2v) is 12.8. The second-order valence-electron chi connectivity index (χ2n) is 11.3. The van der Waals surface area contributed by atoms with E-state index in [0.717, 1.165) is 43.6 Å². The Kier molecular flexibility index (Phi) is 8.70. The minimum absolute atomic E-state index is 0.264. The summed E-state index contributed by atoms with van der Waals surface area (Å²) >= 11 is 0. The topological polar surface area (TPSA) is 35.7 Å². The van der Waals surface area contributed by atoms with Gasteiger partial charge in [-0.25, -0.2) is 0 Å². The molecule has 5 heteroatoms. The second kappa shape index (κ2) is 11.6. The quantitative estimate of drug-likeness (QED) is 0.349. The predicted octanol–water partition coefficient (Wildman–Crippen LogP) is 6.22. The first-order valence-electron chi connectivity index (χ1n) is 13.8. The minimum Gasteiger partial charge on any atom is -0.401 e. The minimum atomic E-state index is -0.264. The SMILES string of the molecule is C=C(N)C(C1CCCC1)N1CCC(CN(CC)C(=C)N(C(C)C2CC2)S(=C)c2ccc(C)cc2)C1. The Morgan fingerprint density at radius 3 is 2.31 bits per heavy atom. The fraction of sp³-hybridized carbons (Fsp3) is 0.633. The third-order valence-corrected chi connectivity index (χ3v) is 10.5. The van der Waals surface area contributed by atoms with Gasteiger partial charge in [0.15, 0.2) is 0 Å². The molecular weight excluding hydrogens is 448 g/mol. The van der Waals surface area contributed by atoms with Gasteiger partial charge < -0.3 is 14.9 Å². The zero-order chi connectivity index (χ0) is 25.1. The first-order valence-corrected chi connectivity index (χ1v) is 15.2. The molecule has 1 saturated heterocycles. The maximum Gasteiger partial charge on any atom is 0.107 e. The molecule has 1 heterocycles. The summed E-state index contributed by atoms with van der Waals surface area (Å²) in [6.07, 6.45) is 9.18. The molecular formula is C30H48N4S. The molecule has 2 N–H and O–H groups in total. The Morgan fingerprint density at radius 1 is 1.09 bits per heavy atom. The summed E-state index contributed by atoms with van der Waals surface area (Å²) in [5.74, 6) is 7.92. The van der Waals surface area contributed by atoms with Crippen LogP contribution in [-0.4, -0.2) is 58.2 Å². The Bertz CT molecular complexity index is 899. The van der Waals surface area contributed by atoms with Crippen LogP contribution in [0.5, 0.6) is 0 Å². The molecule has 35 heavy (non-hydrogen) atoms. The highest BCUT2D eigenvalue weighted by Crippen LogP contribution is 2.44. The molecule has 194 valence electrons. The molecule has 1 aliphatic heterocycles. The fourth-order valence-electron chi connectivity index (χ4n) is 6.38. The van der Waals surface area contributed by atoms with Crippen molar-refractivity contribution in [1.82, 2.24) is 14.1 Å². The monoisotopic (exact) mass is 496 g/mol. The average Bonchev–Trinajstić information content (AvgIpc) is 3.37. The molecule has 2 saturated carbocycles. The van der Waals surface area contributed by atoms with Gasteiger partial charge in [0.05, 0.1) is 6.04 Å². The van der Waals surface area contributed by atoms with Crippen LogP contribution < -0.4 is 5.73 Å². The van der Waals surface area contributed by atoms with E-state index in [-0.39, 0.29) is 10.7 Å². The molecule has 0 spiro atoms. The van der Waals surface area contributed by atoms with E-state index >= 15 is 0 Å². The van der Waals surface area contributed by atoms with Crippen molar-refractivity contribution in [2.45, 2.75) is 82.7 Å². The van der Waals surface area contributed by atoms with Crippen LogP contribution in [0.15, 0.2) is 53.8 Å². The van der Waals surface area contributed by atoms with Gasteiger partial charge in [0.1, 0.15) is 5.82 Å². The van der Waals surface area contributed by atoms with Gasteiger partial charge in [-0.05, 0) is 89.3 Å². The number of hydrogen-bond donors (Lipinski definition) is 1. The summed E-state index contributed by atoms with van der Waals surface area (Å²) in [6.45, 7) is 20.0. The van der Waals surface area contributed by atoms with Crippen molar-refractivity contribution in [3.05, 3.63) is 54.5 Å². The number of benzene rings is 1. The van der Waals surface area contributed by atoms with E-state index in [2.05, 4.69) is 78.2 Å². The smallest absolute Gasteiger partial charge is 0.107 e. The van der Waals surface area contributed by atoms with Crippen LogP contribution in [0.1, 0.15) is 64.4 Å². The highest BCUT2D eigenvalue weighted by molar-refractivity contribution is 8.12. The zero-order valence-electron chi connectivity index (χ0n) is 22.4. The number of nitrogens with zero attached hydrogens (tertiary/aromatic N) is 3. The normalized spacial score (nSPS) is 23.7. The van der Waals surface area contributed by atoms with Crippen molar-refractivity contribution in [2.24, 2.45) is 23.5 Å². The maximum atomic E-state index is 6.35. The zero-order valence-corrected chi connectivity index (χ0v) is 23.2. The molecule has 3 fully saturated rings. The highest BCUT2D eigenvalue weighted by Gasteiger charge is 2.38. The molecule has 2 aliphatic carbocycles. The Hall–Kier alpha value is -1.72. The van der Waals surface area contributed by atoms with Crippen LogP contribution in [0.4, 0.5) is 0 Å². The van der Waals surface area contributed by atoms with Crippen LogP contribution in [0.3, 0.4) is 0 Å². The van der Waals surface area contributed by atoms with Gasteiger partial charge in [0, 0.05) is 36.3 Å². The summed E-state index contributed by atoms with van der Waals surface area (Å²) < 4.78 is 2.54. The van der Waals surface area contributed by atoms with Gasteiger partial charge in [-0.3, -0.25) is 4.90 Å². The van der Waals surface area contributed by atoms with Gasteiger partial charge in [0.25, 0.3) is 0 Å². The van der Waals surface area contributed by atoms with E-state index in [9.17, 15) is 0 Å². The van der Waals surface area contributed by atoms with E-state index in [1.54, 1.807) is 0 Å². The standard InChI is InChI=1S/C30H48N4S/c1-7-32(20-26-18-19-33(21-26)30(23(3)31)28-10-8-9-11-28)25(5)34(24(4)27-14-15-27)35(6)29-16-12-22(2)13-17-29/h12-13,16-17,24,26-28,30H,3,5-11,14-15,18-21,31H2,1-2,4H3. The first kappa shape index (κ1) is 26.3. The number of aryl methyl sites for hydroxylation is 1. The van der Waals surface area contributed by atoms with Gasteiger partial charge >= 0.3 is 0 Å². The van der Waals surface area contributed by atoms with Crippen LogP contribution in [-0.2, 0) is 0 Å². The molecule has 4 atom stereocenters. The number of hydrogen-bond acceptors (Lipinski definition) is 4. The number of likely N-dealkylation sites (tertiary alicyclic amines) is 1. The van der Waals surface area contributed by atoms with Crippen LogP contribution in [0.2, 0.25) is 0 Å². The molecule has 0 amide bonds. The maximum absolute atomic E-state index is 6.35. The molecule has 1 aromatic carbocycles. The lowest BCUT2D eigenvalue weighted by Crippen LogP contribution is -2.43. The largest absolute Gasteiger partial charge is 0.401 e. The molecule has 0 aromatic heterocycles. The Labute approximate surface area is 217 Å². The van der Waals surface area contributed by atoms with Crippen molar-refractivity contribution in [1.29, 1.82) is 0 Å². The van der Waals surface area contributed by atoms with Crippen LogP contribution in [0, 0.1) is 24.7 Å². The molecule has 1 aromatic rings. The van der Waals surface area contributed by atoms with E-state index < -0.39 is 0 Å². The predicted molar refractivity (Wildman–Crippen MR) is 153 cm³/mol. The number of nitrogens with two attached hydrogens (primary N) is 1. The van der Waals surface area contributed by atoms with Crippen molar-refractivity contribution >= 4 is 16.5 Å². The third kappa shape index (κ3) is 6.17. The summed E-state index contributed by atoms with van der Waals surface area (Å²) in [5, 5.41) is 0. The number of rotatable bonds is 12. The lowest BCUT2D eigenvalue weighted by molar-refractivity contribution is 0.184. The van der Waals surface area contributed by atoms with Gasteiger partial charge in [-0.1, -0.05) is 60.2 Å². The molecule has 0 bridgehead atoms. The van der Waals surface area contributed by atoms with Crippen LogP contribution >= 0.6 is 10.7 Å². The van der Waals surface area contributed by atoms with Crippen molar-refractivity contribution < 1.29 is 0 Å². The van der Waals surface area contributed by atoms with E-state index in [0.29, 0.717) is 23.9 Å². The van der Waals surface area contributed by atoms with Gasteiger partial charge in [0.2, 0.25) is 0 Å². The van der Waals surface area contributed by atoms with Crippen molar-refractivity contribution in [3.63, 3.8) is 0 Å². The van der Waals surface area contributed by atoms with Crippen LogP contribution in [0.25, 0.3) is 0 Å². The van der Waals surface area contributed by atoms with Gasteiger partial charge in [-0.15, -0.1) is 0 Å². The lowest BCUT2D eigenvalue weighted by Gasteiger charge is -2.41. The molecule has 4 rings (SSSR count). The van der Waals surface area contributed by atoms with Crippen molar-refractivity contribution in [3.8, 4) is 0 Å². The Balaban J connectivity index is 1.45. The van der Waals surface area contributed by atoms with Gasteiger partial charge in [-0.2, -0.15) is 0 Å². The Morgan fingerprint density at radius 2 is 1.74 bits per heavy atom.